The van der Waals surface area contributed by atoms with Crippen molar-refractivity contribution in [3.05, 3.63) is 96.7 Å². The first-order valence-corrected chi connectivity index (χ1v) is 8.12. The Morgan fingerprint density at radius 3 is 2.22 bits per heavy atom. The lowest BCUT2D eigenvalue weighted by Crippen LogP contribution is -2.16. The van der Waals surface area contributed by atoms with Crippen LogP contribution in [0.5, 0.6) is 0 Å². The maximum absolute atomic E-state index is 2.34. The average Bonchev–Trinajstić information content (AvgIpc) is 2.64. The maximum atomic E-state index is 2.34. The highest BCUT2D eigenvalue weighted by Gasteiger charge is 2.14. The second kappa shape index (κ2) is 6.13. The van der Waals surface area contributed by atoms with Crippen LogP contribution in [0.3, 0.4) is 0 Å². The minimum atomic E-state index is 1.10. The fourth-order valence-electron chi connectivity index (χ4n) is 3.11. The molecule has 0 amide bonds. The number of hydrogen-bond donors (Lipinski definition) is 0. The summed E-state index contributed by atoms with van der Waals surface area (Å²) in [4.78, 5) is 2.34. The van der Waals surface area contributed by atoms with E-state index in [1.54, 1.807) is 0 Å². The van der Waals surface area contributed by atoms with Gasteiger partial charge in [0, 0.05) is 17.1 Å². The van der Waals surface area contributed by atoms with Crippen molar-refractivity contribution in [3.63, 3.8) is 0 Å². The molecule has 1 aliphatic rings. The molecule has 1 aliphatic carbocycles. The molecule has 3 aromatic carbocycles. The molecule has 3 aromatic rings. The Morgan fingerprint density at radius 2 is 1.43 bits per heavy atom. The molecular weight excluding hydrogens is 278 g/mol. The Hall–Kier alpha value is -2.80. The van der Waals surface area contributed by atoms with Gasteiger partial charge in [-0.15, -0.1) is 0 Å². The van der Waals surface area contributed by atoms with Crippen molar-refractivity contribution in [2.24, 2.45) is 0 Å². The van der Waals surface area contributed by atoms with E-state index in [1.807, 2.05) is 0 Å². The lowest BCUT2D eigenvalue weighted by molar-refractivity contribution is 0.997. The van der Waals surface area contributed by atoms with E-state index in [0.717, 1.165) is 12.8 Å². The predicted octanol–water partition coefficient (Wildman–Crippen LogP) is 6.21. The zero-order valence-electron chi connectivity index (χ0n) is 13.0. The summed E-state index contributed by atoms with van der Waals surface area (Å²) in [5, 5.41) is 2.55. The Labute approximate surface area is 137 Å². The van der Waals surface area contributed by atoms with Gasteiger partial charge in [0.15, 0.2) is 0 Å². The van der Waals surface area contributed by atoms with Crippen molar-refractivity contribution in [1.82, 2.24) is 0 Å². The number of rotatable bonds is 3. The van der Waals surface area contributed by atoms with Crippen molar-refractivity contribution < 1.29 is 0 Å². The first-order chi connectivity index (χ1) is 11.4. The molecule has 0 aromatic heterocycles. The van der Waals surface area contributed by atoms with Gasteiger partial charge in [0.05, 0.1) is 0 Å². The van der Waals surface area contributed by atoms with E-state index in [1.165, 1.54) is 27.8 Å². The molecule has 1 heteroatoms. The average molecular weight is 297 g/mol. The van der Waals surface area contributed by atoms with Crippen LogP contribution in [0, 0.1) is 0 Å². The molecule has 0 bridgehead atoms. The quantitative estimate of drug-likeness (QED) is 0.555. The fourth-order valence-corrected chi connectivity index (χ4v) is 3.11. The first kappa shape index (κ1) is 13.8. The van der Waals surface area contributed by atoms with E-state index in [0.29, 0.717) is 0 Å². The Kier molecular flexibility index (Phi) is 3.69. The van der Waals surface area contributed by atoms with Gasteiger partial charge in [-0.1, -0.05) is 60.7 Å². The molecule has 0 spiro atoms. The van der Waals surface area contributed by atoms with Crippen LogP contribution < -0.4 is 4.90 Å². The predicted molar refractivity (Wildman–Crippen MR) is 99.0 cm³/mol. The van der Waals surface area contributed by atoms with Gasteiger partial charge in [0.2, 0.25) is 0 Å². The summed E-state index contributed by atoms with van der Waals surface area (Å²) >= 11 is 0. The van der Waals surface area contributed by atoms with E-state index < -0.39 is 0 Å². The molecule has 1 nitrogen and oxygen atoms in total. The smallest absolute Gasteiger partial charge is 0.0467 e. The summed E-state index contributed by atoms with van der Waals surface area (Å²) in [6.45, 7) is 0. The zero-order chi connectivity index (χ0) is 15.5. The third kappa shape index (κ3) is 2.78. The van der Waals surface area contributed by atoms with Crippen LogP contribution in [0.1, 0.15) is 12.8 Å². The van der Waals surface area contributed by atoms with Crippen molar-refractivity contribution in [3.8, 4) is 0 Å². The third-order valence-corrected chi connectivity index (χ3v) is 4.24. The maximum Gasteiger partial charge on any atom is 0.0467 e. The van der Waals surface area contributed by atoms with Gasteiger partial charge in [-0.2, -0.15) is 0 Å². The van der Waals surface area contributed by atoms with Crippen LogP contribution >= 0.6 is 0 Å². The second-order valence-corrected chi connectivity index (χ2v) is 5.81. The summed E-state index contributed by atoms with van der Waals surface area (Å²) in [6, 6.07) is 25.8. The molecular formula is C22H19N. The number of benzene rings is 3. The van der Waals surface area contributed by atoms with Gasteiger partial charge >= 0.3 is 0 Å². The topological polar surface area (TPSA) is 3.24 Å². The molecule has 23 heavy (non-hydrogen) atoms. The summed E-state index contributed by atoms with van der Waals surface area (Å²) < 4.78 is 0. The highest BCUT2D eigenvalue weighted by molar-refractivity contribution is 5.87. The lowest BCUT2D eigenvalue weighted by Gasteiger charge is -2.27. The lowest BCUT2D eigenvalue weighted by atomic mass is 10.1. The summed E-state index contributed by atoms with van der Waals surface area (Å²) in [5.41, 5.74) is 3.64. The van der Waals surface area contributed by atoms with Gasteiger partial charge in [-0.3, -0.25) is 0 Å². The first-order valence-electron chi connectivity index (χ1n) is 8.12. The van der Waals surface area contributed by atoms with Crippen LogP contribution in [-0.4, -0.2) is 0 Å². The van der Waals surface area contributed by atoms with Crippen LogP contribution in [0.4, 0.5) is 11.4 Å². The molecule has 112 valence electrons. The van der Waals surface area contributed by atoms with E-state index in [4.69, 9.17) is 0 Å². The molecule has 0 radical (unpaired) electrons. The highest BCUT2D eigenvalue weighted by Crippen LogP contribution is 2.33. The Balaban J connectivity index is 1.86. The van der Waals surface area contributed by atoms with Gasteiger partial charge in [0.1, 0.15) is 0 Å². The van der Waals surface area contributed by atoms with E-state index in [2.05, 4.69) is 95.9 Å². The minimum absolute atomic E-state index is 1.10. The molecule has 0 saturated carbocycles. The monoisotopic (exact) mass is 297 g/mol. The minimum Gasteiger partial charge on any atom is -0.311 e. The molecule has 0 atom stereocenters. The second-order valence-electron chi connectivity index (χ2n) is 5.81. The normalized spacial score (nSPS) is 13.8. The number of nitrogens with zero attached hydrogens (tertiary/aromatic N) is 1. The van der Waals surface area contributed by atoms with E-state index in [-0.39, 0.29) is 0 Å². The summed E-state index contributed by atoms with van der Waals surface area (Å²) in [5.74, 6) is 0. The molecule has 0 fully saturated rings. The fraction of sp³-hybridized carbons (Fsp3) is 0.0909. The van der Waals surface area contributed by atoms with Crippen LogP contribution in [0.25, 0.3) is 10.8 Å². The Morgan fingerprint density at radius 1 is 0.652 bits per heavy atom. The summed E-state index contributed by atoms with van der Waals surface area (Å²) in [6.07, 6.45) is 9.03. The Bertz CT molecular complexity index is 875. The van der Waals surface area contributed by atoms with Crippen molar-refractivity contribution >= 4 is 22.1 Å². The standard InChI is InChI=1S/C22H19N/c1-3-11-20(12-4-1)23(21-13-5-2-6-14-21)22-16-15-18-9-7-8-10-19(18)17-22/h1,3-5,7-17H,2,6H2. The van der Waals surface area contributed by atoms with E-state index in [9.17, 15) is 0 Å². The van der Waals surface area contributed by atoms with E-state index >= 15 is 0 Å². The molecule has 0 saturated heterocycles. The number of hydrogen-bond acceptors (Lipinski definition) is 1. The number of anilines is 2. The van der Waals surface area contributed by atoms with Crippen LogP contribution in [0.15, 0.2) is 96.7 Å². The molecule has 0 N–H and O–H groups in total. The number of fused-ring (bicyclic) bond motifs is 1. The number of allylic oxidation sites excluding steroid dienone is 3. The van der Waals surface area contributed by atoms with Crippen LogP contribution in [-0.2, 0) is 0 Å². The third-order valence-electron chi connectivity index (χ3n) is 4.24. The molecule has 0 aliphatic heterocycles. The zero-order valence-corrected chi connectivity index (χ0v) is 13.0. The highest BCUT2D eigenvalue weighted by atomic mass is 15.1. The molecule has 0 unspecified atom stereocenters. The van der Waals surface area contributed by atoms with Crippen molar-refractivity contribution in [2.75, 3.05) is 4.90 Å². The van der Waals surface area contributed by atoms with Gasteiger partial charge in [0.25, 0.3) is 0 Å². The van der Waals surface area contributed by atoms with Gasteiger partial charge < -0.3 is 4.90 Å². The van der Waals surface area contributed by atoms with Crippen molar-refractivity contribution in [2.45, 2.75) is 12.8 Å². The molecule has 4 rings (SSSR count). The van der Waals surface area contributed by atoms with Crippen LogP contribution in [0.2, 0.25) is 0 Å². The van der Waals surface area contributed by atoms with Crippen molar-refractivity contribution in [1.29, 1.82) is 0 Å². The van der Waals surface area contributed by atoms with Gasteiger partial charge in [-0.05, 0) is 54.0 Å². The summed E-state index contributed by atoms with van der Waals surface area (Å²) in [7, 11) is 0. The number of para-hydroxylation sites is 1. The SMILES string of the molecule is C1=CC(N(c2ccccc2)c2ccc3ccccc3c2)=CCC1. The largest absolute Gasteiger partial charge is 0.311 e. The molecule has 0 heterocycles. The van der Waals surface area contributed by atoms with Gasteiger partial charge in [-0.25, -0.2) is 0 Å².